The number of Topliss-reactive ketones (excluding diaryl/α,β-unsaturated/α-hetero) is 1. The van der Waals surface area contributed by atoms with Gasteiger partial charge in [0.1, 0.15) is 23.7 Å². The van der Waals surface area contributed by atoms with E-state index < -0.39 is 5.60 Å². The van der Waals surface area contributed by atoms with Crippen LogP contribution in [-0.4, -0.2) is 16.5 Å². The third-order valence-corrected chi connectivity index (χ3v) is 3.28. The molecule has 1 aliphatic heterocycles. The smallest absolute Gasteiger partial charge is 0.174 e. The summed E-state index contributed by atoms with van der Waals surface area (Å²) in [5.41, 5.74) is 0.942. The van der Waals surface area contributed by atoms with E-state index in [1.807, 2.05) is 26.8 Å². The van der Waals surface area contributed by atoms with E-state index in [1.165, 1.54) is 0 Å². The van der Waals surface area contributed by atoms with Gasteiger partial charge in [-0.25, -0.2) is 0 Å². The van der Waals surface area contributed by atoms with Crippen molar-refractivity contribution in [3.63, 3.8) is 0 Å². The van der Waals surface area contributed by atoms with Crippen molar-refractivity contribution >= 4 is 5.78 Å². The summed E-state index contributed by atoms with van der Waals surface area (Å²) in [5.74, 6) is 1.96. The Hall–Kier alpha value is -2.30. The molecule has 0 bridgehead atoms. The number of benzene rings is 1. The SMILES string of the molecule is Cc1cc(COc2ccc3c(c2)OC(C)(C)CC3=O)on1. The van der Waals surface area contributed by atoms with Crippen molar-refractivity contribution in [3.8, 4) is 11.5 Å². The zero-order valence-corrected chi connectivity index (χ0v) is 12.3. The molecule has 5 nitrogen and oxygen atoms in total. The average Bonchev–Trinajstić information content (AvgIpc) is 2.80. The molecule has 1 aromatic carbocycles. The van der Waals surface area contributed by atoms with Crippen LogP contribution in [0.1, 0.15) is 42.1 Å². The molecule has 0 saturated carbocycles. The van der Waals surface area contributed by atoms with Crippen molar-refractivity contribution in [2.24, 2.45) is 0 Å². The molecule has 2 heterocycles. The fourth-order valence-corrected chi connectivity index (χ4v) is 2.36. The number of carbonyl (C=O) groups is 1. The fraction of sp³-hybridized carbons (Fsp3) is 0.375. The molecule has 0 atom stereocenters. The number of hydrogen-bond donors (Lipinski definition) is 0. The first-order chi connectivity index (χ1) is 9.93. The summed E-state index contributed by atoms with van der Waals surface area (Å²) in [7, 11) is 0. The molecule has 21 heavy (non-hydrogen) atoms. The summed E-state index contributed by atoms with van der Waals surface area (Å²) in [4.78, 5) is 12.1. The molecule has 0 unspecified atom stereocenters. The molecule has 5 heteroatoms. The number of ketones is 1. The van der Waals surface area contributed by atoms with E-state index >= 15 is 0 Å². The second-order valence-corrected chi connectivity index (χ2v) is 5.84. The molecule has 2 aromatic rings. The van der Waals surface area contributed by atoms with Crippen molar-refractivity contribution in [1.82, 2.24) is 5.16 Å². The van der Waals surface area contributed by atoms with Crippen LogP contribution >= 0.6 is 0 Å². The number of aromatic nitrogens is 1. The Morgan fingerprint density at radius 1 is 1.33 bits per heavy atom. The highest BCUT2D eigenvalue weighted by molar-refractivity contribution is 6.00. The number of nitrogens with zero attached hydrogens (tertiary/aromatic N) is 1. The van der Waals surface area contributed by atoms with E-state index in [1.54, 1.807) is 18.2 Å². The van der Waals surface area contributed by atoms with E-state index in [-0.39, 0.29) is 12.4 Å². The maximum atomic E-state index is 12.1. The van der Waals surface area contributed by atoms with Gasteiger partial charge in [0.25, 0.3) is 0 Å². The monoisotopic (exact) mass is 287 g/mol. The van der Waals surface area contributed by atoms with E-state index in [9.17, 15) is 4.79 Å². The van der Waals surface area contributed by atoms with Gasteiger partial charge in [-0.3, -0.25) is 4.79 Å². The van der Waals surface area contributed by atoms with Gasteiger partial charge in [0.2, 0.25) is 0 Å². The van der Waals surface area contributed by atoms with Crippen LogP contribution in [0.4, 0.5) is 0 Å². The summed E-state index contributed by atoms with van der Waals surface area (Å²) in [6.07, 6.45) is 0.386. The molecule has 0 radical (unpaired) electrons. The van der Waals surface area contributed by atoms with Gasteiger partial charge >= 0.3 is 0 Å². The van der Waals surface area contributed by atoms with Crippen LogP contribution < -0.4 is 9.47 Å². The van der Waals surface area contributed by atoms with Crippen LogP contribution in [0.3, 0.4) is 0 Å². The normalized spacial score (nSPS) is 16.2. The first-order valence-electron chi connectivity index (χ1n) is 6.84. The van der Waals surface area contributed by atoms with Gasteiger partial charge in [-0.05, 0) is 32.9 Å². The van der Waals surface area contributed by atoms with Gasteiger partial charge in [-0.1, -0.05) is 5.16 Å². The van der Waals surface area contributed by atoms with E-state index in [0.717, 1.165) is 5.69 Å². The lowest BCUT2D eigenvalue weighted by atomic mass is 9.93. The highest BCUT2D eigenvalue weighted by Gasteiger charge is 2.32. The maximum absolute atomic E-state index is 12.1. The van der Waals surface area contributed by atoms with E-state index in [0.29, 0.717) is 29.2 Å². The number of carbonyl (C=O) groups excluding carboxylic acids is 1. The van der Waals surface area contributed by atoms with Crippen LogP contribution in [-0.2, 0) is 6.61 Å². The summed E-state index contributed by atoms with van der Waals surface area (Å²) in [5, 5.41) is 3.80. The van der Waals surface area contributed by atoms with Gasteiger partial charge in [0.15, 0.2) is 11.5 Å². The molecule has 0 saturated heterocycles. The van der Waals surface area contributed by atoms with Crippen molar-refractivity contribution in [1.29, 1.82) is 0 Å². The van der Waals surface area contributed by atoms with Gasteiger partial charge in [-0.15, -0.1) is 0 Å². The molecule has 1 aromatic heterocycles. The van der Waals surface area contributed by atoms with Crippen LogP contribution in [0.25, 0.3) is 0 Å². The van der Waals surface area contributed by atoms with Crippen LogP contribution in [0, 0.1) is 6.92 Å². The summed E-state index contributed by atoms with van der Waals surface area (Å²) < 4.78 is 16.6. The molecule has 1 aliphatic rings. The minimum atomic E-state index is -0.481. The summed E-state index contributed by atoms with van der Waals surface area (Å²) in [6, 6.07) is 7.08. The first-order valence-corrected chi connectivity index (χ1v) is 6.84. The van der Waals surface area contributed by atoms with Crippen molar-refractivity contribution < 1.29 is 18.8 Å². The Morgan fingerprint density at radius 3 is 2.86 bits per heavy atom. The second kappa shape index (κ2) is 4.91. The van der Waals surface area contributed by atoms with Gasteiger partial charge < -0.3 is 14.0 Å². The zero-order valence-electron chi connectivity index (χ0n) is 12.3. The third kappa shape index (κ3) is 2.91. The molecule has 110 valence electrons. The van der Waals surface area contributed by atoms with Crippen molar-refractivity contribution in [2.45, 2.75) is 39.4 Å². The van der Waals surface area contributed by atoms with Crippen LogP contribution in [0.2, 0.25) is 0 Å². The number of fused-ring (bicyclic) bond motifs is 1. The molecule has 3 rings (SSSR count). The van der Waals surface area contributed by atoms with E-state index in [2.05, 4.69) is 5.16 Å². The average molecular weight is 287 g/mol. The Morgan fingerprint density at radius 2 is 2.14 bits per heavy atom. The summed E-state index contributed by atoms with van der Waals surface area (Å²) in [6.45, 7) is 5.95. The van der Waals surface area contributed by atoms with Crippen LogP contribution in [0.15, 0.2) is 28.8 Å². The number of rotatable bonds is 3. The maximum Gasteiger partial charge on any atom is 0.174 e. The van der Waals surface area contributed by atoms with Gasteiger partial charge in [0, 0.05) is 12.1 Å². The minimum absolute atomic E-state index is 0.0960. The summed E-state index contributed by atoms with van der Waals surface area (Å²) >= 11 is 0. The van der Waals surface area contributed by atoms with Gasteiger partial charge in [0.05, 0.1) is 17.7 Å². The molecule has 0 N–H and O–H groups in total. The Labute approximate surface area is 122 Å². The van der Waals surface area contributed by atoms with Crippen molar-refractivity contribution in [3.05, 3.63) is 41.3 Å². The first kappa shape index (κ1) is 13.7. The van der Waals surface area contributed by atoms with Gasteiger partial charge in [-0.2, -0.15) is 0 Å². The van der Waals surface area contributed by atoms with Crippen LogP contribution in [0.5, 0.6) is 11.5 Å². The lowest BCUT2D eigenvalue weighted by Gasteiger charge is -2.31. The topological polar surface area (TPSA) is 61.6 Å². The van der Waals surface area contributed by atoms with E-state index in [4.69, 9.17) is 14.0 Å². The quantitative estimate of drug-likeness (QED) is 0.866. The zero-order chi connectivity index (χ0) is 15.0. The largest absolute Gasteiger partial charge is 0.486 e. The predicted octanol–water partition coefficient (Wildman–Crippen LogP) is 3.31. The highest BCUT2D eigenvalue weighted by Crippen LogP contribution is 2.35. The molecule has 0 amide bonds. The standard InChI is InChI=1S/C16H17NO4/c1-10-6-12(21-17-10)9-19-11-4-5-13-14(18)8-16(2,3)20-15(13)7-11/h4-7H,8-9H2,1-3H3. The molecule has 0 spiro atoms. The molecular formula is C16H17NO4. The third-order valence-electron chi connectivity index (χ3n) is 3.28. The predicted molar refractivity (Wildman–Crippen MR) is 75.7 cm³/mol. The second-order valence-electron chi connectivity index (χ2n) is 5.84. The lowest BCUT2D eigenvalue weighted by Crippen LogP contribution is -2.35. The Balaban J connectivity index is 1.78. The van der Waals surface area contributed by atoms with Crippen molar-refractivity contribution in [2.75, 3.05) is 0 Å². The lowest BCUT2D eigenvalue weighted by molar-refractivity contribution is 0.0618. The minimum Gasteiger partial charge on any atom is -0.486 e. The molecular weight excluding hydrogens is 270 g/mol. The Kier molecular flexibility index (Phi) is 3.20. The number of aryl methyl sites for hydroxylation is 1. The number of ether oxygens (including phenoxy) is 2. The highest BCUT2D eigenvalue weighted by atomic mass is 16.5. The fourth-order valence-electron chi connectivity index (χ4n) is 2.36. The molecule has 0 fully saturated rings. The Bertz CT molecular complexity index is 687. The molecule has 0 aliphatic carbocycles. The number of hydrogen-bond acceptors (Lipinski definition) is 5.